The zero-order valence-electron chi connectivity index (χ0n) is 8.50. The number of benzene rings is 2. The summed E-state index contributed by atoms with van der Waals surface area (Å²) in [6, 6.07) is 10.2. The molecule has 0 heterocycles. The number of fused-ring (bicyclic) bond motifs is 1. The van der Waals surface area contributed by atoms with Crippen molar-refractivity contribution in [1.82, 2.24) is 0 Å². The van der Waals surface area contributed by atoms with Crippen LogP contribution in [-0.4, -0.2) is 6.61 Å². The molecule has 0 aliphatic heterocycles. The molecule has 0 bridgehead atoms. The van der Waals surface area contributed by atoms with E-state index in [4.69, 9.17) is 4.74 Å². The second-order valence-corrected chi connectivity index (χ2v) is 3.19. The first-order valence-corrected chi connectivity index (χ1v) is 4.61. The molecule has 1 radical (unpaired) electrons. The van der Waals surface area contributed by atoms with Crippen LogP contribution in [0.1, 0.15) is 0 Å². The van der Waals surface area contributed by atoms with Crippen LogP contribution in [0.5, 0.6) is 5.75 Å². The van der Waals surface area contributed by atoms with Gasteiger partial charge in [-0.25, -0.2) is 4.39 Å². The average Bonchev–Trinajstić information content (AvgIpc) is 2.25. The maximum Gasteiger partial charge on any atom is 0.123 e. The molecule has 0 spiro atoms. The topological polar surface area (TPSA) is 9.23 Å². The predicted octanol–water partition coefficient (Wildman–Crippen LogP) is 3.34. The van der Waals surface area contributed by atoms with Crippen molar-refractivity contribution in [3.05, 3.63) is 54.9 Å². The van der Waals surface area contributed by atoms with Crippen molar-refractivity contribution in [3.8, 4) is 5.75 Å². The number of hydrogen-bond donors (Lipinski definition) is 0. The molecule has 3 heteroatoms. The number of hydrogen-bond acceptors (Lipinski definition) is 1. The van der Waals surface area contributed by atoms with E-state index >= 15 is 0 Å². The van der Waals surface area contributed by atoms with Crippen LogP contribution in [0.4, 0.5) is 4.39 Å². The molecule has 0 amide bonds. The minimum atomic E-state index is -0.241. The van der Waals surface area contributed by atoms with E-state index < -0.39 is 0 Å². The standard InChI is InChI=1S/C13H10FO.Co/c1-2-7-15-13-6-4-10-3-5-12(14)8-11(10)9-13;/h3-6,8-9H,1,7H2;/q-1;. The van der Waals surface area contributed by atoms with Crippen molar-refractivity contribution in [1.29, 1.82) is 0 Å². The van der Waals surface area contributed by atoms with Crippen molar-refractivity contribution in [2.24, 2.45) is 0 Å². The molecule has 0 aliphatic carbocycles. The van der Waals surface area contributed by atoms with Crippen molar-refractivity contribution in [2.75, 3.05) is 6.61 Å². The van der Waals surface area contributed by atoms with Crippen LogP contribution in [0.2, 0.25) is 0 Å². The summed E-state index contributed by atoms with van der Waals surface area (Å²) < 4.78 is 18.3. The second-order valence-electron chi connectivity index (χ2n) is 3.19. The van der Waals surface area contributed by atoms with Gasteiger partial charge in [-0.05, 0) is 41.6 Å². The fourth-order valence-corrected chi connectivity index (χ4v) is 1.42. The molecular formula is C13H10CoFO-. The molecular weight excluding hydrogens is 250 g/mol. The molecule has 2 rings (SSSR count). The van der Waals surface area contributed by atoms with Crippen LogP contribution >= 0.6 is 0 Å². The van der Waals surface area contributed by atoms with Crippen molar-refractivity contribution in [2.45, 2.75) is 0 Å². The van der Waals surface area contributed by atoms with Gasteiger partial charge in [0.05, 0.1) is 0 Å². The fourth-order valence-electron chi connectivity index (χ4n) is 1.42. The summed E-state index contributed by atoms with van der Waals surface area (Å²) in [5.41, 5.74) is 0. The summed E-state index contributed by atoms with van der Waals surface area (Å²) in [5, 5.41) is 1.82. The molecule has 0 fully saturated rings. The first kappa shape index (κ1) is 12.7. The minimum absolute atomic E-state index is 0. The molecule has 0 saturated heterocycles. The molecule has 0 atom stereocenters. The summed E-state index contributed by atoms with van der Waals surface area (Å²) in [6.07, 6.45) is 2.63. The van der Waals surface area contributed by atoms with E-state index in [-0.39, 0.29) is 22.6 Å². The predicted molar refractivity (Wildman–Crippen MR) is 58.3 cm³/mol. The number of ether oxygens (including phenoxy) is 1. The molecule has 1 nitrogen and oxygen atoms in total. The third-order valence-electron chi connectivity index (χ3n) is 2.11. The van der Waals surface area contributed by atoms with Gasteiger partial charge in [0.2, 0.25) is 0 Å². The largest absolute Gasteiger partial charge is 0.524 e. The van der Waals surface area contributed by atoms with Gasteiger partial charge in [0, 0.05) is 16.8 Å². The van der Waals surface area contributed by atoms with Crippen LogP contribution in [0.15, 0.2) is 43.0 Å². The van der Waals surface area contributed by atoms with Gasteiger partial charge in [0.25, 0.3) is 0 Å². The van der Waals surface area contributed by atoms with Crippen LogP contribution in [0, 0.1) is 11.9 Å². The monoisotopic (exact) mass is 260 g/mol. The van der Waals surface area contributed by atoms with E-state index in [2.05, 4.69) is 12.7 Å². The molecule has 0 aromatic heterocycles. The quantitative estimate of drug-likeness (QED) is 0.769. The van der Waals surface area contributed by atoms with E-state index in [9.17, 15) is 4.39 Å². The summed E-state index contributed by atoms with van der Waals surface area (Å²) in [4.78, 5) is 0. The molecule has 0 unspecified atom stereocenters. The Morgan fingerprint density at radius 1 is 1.12 bits per heavy atom. The number of rotatable bonds is 3. The average molecular weight is 260 g/mol. The maximum absolute atomic E-state index is 13.0. The molecule has 85 valence electrons. The molecule has 0 saturated carbocycles. The van der Waals surface area contributed by atoms with Gasteiger partial charge >= 0.3 is 0 Å². The molecule has 2 aromatic rings. The Bertz CT molecular complexity index is 496. The van der Waals surface area contributed by atoms with Crippen LogP contribution in [0.25, 0.3) is 10.8 Å². The van der Waals surface area contributed by atoms with E-state index in [1.165, 1.54) is 12.1 Å². The van der Waals surface area contributed by atoms with Gasteiger partial charge in [-0.3, -0.25) is 6.58 Å². The van der Waals surface area contributed by atoms with Crippen LogP contribution < -0.4 is 4.74 Å². The molecule has 0 N–H and O–H groups in total. The molecule has 16 heavy (non-hydrogen) atoms. The van der Waals surface area contributed by atoms with Gasteiger partial charge in [0.15, 0.2) is 0 Å². The Labute approximate surface area is 104 Å². The van der Waals surface area contributed by atoms with Crippen LogP contribution in [0.3, 0.4) is 0 Å². The van der Waals surface area contributed by atoms with Crippen LogP contribution in [-0.2, 0) is 16.8 Å². The summed E-state index contributed by atoms with van der Waals surface area (Å²) >= 11 is 0. The van der Waals surface area contributed by atoms with E-state index in [1.54, 1.807) is 12.1 Å². The Morgan fingerprint density at radius 2 is 1.88 bits per heavy atom. The second kappa shape index (κ2) is 5.68. The first-order chi connectivity index (χ1) is 7.29. The third-order valence-corrected chi connectivity index (χ3v) is 2.11. The van der Waals surface area contributed by atoms with Gasteiger partial charge < -0.3 is 10.8 Å². The minimum Gasteiger partial charge on any atom is -0.524 e. The zero-order valence-corrected chi connectivity index (χ0v) is 9.54. The smallest absolute Gasteiger partial charge is 0.123 e. The Kier molecular flexibility index (Phi) is 4.52. The summed E-state index contributed by atoms with van der Waals surface area (Å²) in [5.74, 6) is 0.458. The van der Waals surface area contributed by atoms with Crippen molar-refractivity contribution >= 4 is 10.8 Å². The van der Waals surface area contributed by atoms with Crippen molar-refractivity contribution in [3.63, 3.8) is 0 Å². The normalized spacial score (nSPS) is 9.56. The molecule has 2 aromatic carbocycles. The van der Waals surface area contributed by atoms with Gasteiger partial charge in [-0.15, -0.1) is 0 Å². The van der Waals surface area contributed by atoms with Gasteiger partial charge in [-0.2, -0.15) is 0 Å². The Balaban J connectivity index is 0.00000128. The van der Waals surface area contributed by atoms with E-state index in [0.29, 0.717) is 12.4 Å². The SMILES string of the molecule is C=[C-]COc1ccc2ccc(F)cc2c1.[Co]. The van der Waals surface area contributed by atoms with E-state index in [0.717, 1.165) is 10.8 Å². The zero-order chi connectivity index (χ0) is 10.7. The summed E-state index contributed by atoms with van der Waals surface area (Å²) in [7, 11) is 0. The Hall–Kier alpha value is -1.32. The van der Waals surface area contributed by atoms with Gasteiger partial charge in [0.1, 0.15) is 11.6 Å². The van der Waals surface area contributed by atoms with Gasteiger partial charge in [-0.1, -0.05) is 12.1 Å². The Morgan fingerprint density at radius 3 is 2.62 bits per heavy atom. The van der Waals surface area contributed by atoms with E-state index in [1.807, 2.05) is 12.1 Å². The van der Waals surface area contributed by atoms with Crippen molar-refractivity contribution < 1.29 is 25.9 Å². The maximum atomic E-state index is 13.0. The third kappa shape index (κ3) is 2.84. The summed E-state index contributed by atoms with van der Waals surface area (Å²) in [6.45, 7) is 3.78. The molecule has 0 aliphatic rings. The fraction of sp³-hybridized carbons (Fsp3) is 0.0769. The number of halogens is 1. The first-order valence-electron chi connectivity index (χ1n) is 4.61.